The molecule has 2 aromatic rings. The van der Waals surface area contributed by atoms with Gasteiger partial charge in [-0.15, -0.1) is 22.7 Å². The minimum absolute atomic E-state index is 0.147. The molecule has 0 aliphatic carbocycles. The zero-order chi connectivity index (χ0) is 16.1. The number of carboxylic acid groups (broad SMARTS) is 1. The van der Waals surface area contributed by atoms with Crippen LogP contribution in [0.15, 0.2) is 17.5 Å². The second kappa shape index (κ2) is 7.51. The van der Waals surface area contributed by atoms with Gasteiger partial charge in [0.05, 0.1) is 16.5 Å². The van der Waals surface area contributed by atoms with Crippen molar-refractivity contribution in [2.45, 2.75) is 26.7 Å². The molecule has 118 valence electrons. The number of aliphatic carboxylic acids is 1. The molecule has 0 fully saturated rings. The molecule has 0 aliphatic heterocycles. The van der Waals surface area contributed by atoms with Gasteiger partial charge in [0.2, 0.25) is 0 Å². The standard InChI is InChI=1S/C15H18N2O3S2/c1-3-5-10(15(19)20)8-16-13(18)12-9(2)17-14(22-12)11-6-4-7-21-11/h4,6-7,10H,3,5,8H2,1-2H3,(H,16,18)(H,19,20). The Hall–Kier alpha value is -1.73. The molecule has 2 N–H and O–H groups in total. The summed E-state index contributed by atoms with van der Waals surface area (Å²) in [5.74, 6) is -1.67. The SMILES string of the molecule is CCCC(CNC(=O)c1sc(-c2cccs2)nc1C)C(=O)O. The summed E-state index contributed by atoms with van der Waals surface area (Å²) >= 11 is 2.92. The zero-order valence-corrected chi connectivity index (χ0v) is 14.1. The molecular weight excluding hydrogens is 320 g/mol. The van der Waals surface area contributed by atoms with Crippen molar-refractivity contribution in [3.05, 3.63) is 28.1 Å². The van der Waals surface area contributed by atoms with Crippen LogP contribution in [0.25, 0.3) is 9.88 Å². The molecule has 7 heteroatoms. The number of hydrogen-bond acceptors (Lipinski definition) is 5. The van der Waals surface area contributed by atoms with Gasteiger partial charge < -0.3 is 10.4 Å². The number of amides is 1. The number of nitrogens with zero attached hydrogens (tertiary/aromatic N) is 1. The lowest BCUT2D eigenvalue weighted by molar-refractivity contribution is -0.141. The van der Waals surface area contributed by atoms with Crippen molar-refractivity contribution in [3.63, 3.8) is 0 Å². The van der Waals surface area contributed by atoms with Crippen LogP contribution in [0.2, 0.25) is 0 Å². The highest BCUT2D eigenvalue weighted by molar-refractivity contribution is 7.22. The molecule has 0 bridgehead atoms. The number of thiazole rings is 1. The monoisotopic (exact) mass is 338 g/mol. The zero-order valence-electron chi connectivity index (χ0n) is 12.5. The number of aryl methyl sites for hydroxylation is 1. The number of carbonyl (C=O) groups excluding carboxylic acids is 1. The quantitative estimate of drug-likeness (QED) is 0.811. The van der Waals surface area contributed by atoms with Crippen molar-refractivity contribution < 1.29 is 14.7 Å². The average Bonchev–Trinajstić information content (AvgIpc) is 3.11. The van der Waals surface area contributed by atoms with E-state index in [4.69, 9.17) is 5.11 Å². The maximum atomic E-state index is 12.2. The van der Waals surface area contributed by atoms with Crippen LogP contribution in [0, 0.1) is 12.8 Å². The van der Waals surface area contributed by atoms with Gasteiger partial charge >= 0.3 is 5.97 Å². The van der Waals surface area contributed by atoms with Gasteiger partial charge in [0.15, 0.2) is 0 Å². The molecule has 0 aromatic carbocycles. The summed E-state index contributed by atoms with van der Waals surface area (Å²) in [6.07, 6.45) is 1.33. The first-order valence-corrected chi connectivity index (χ1v) is 8.74. The molecule has 0 aliphatic rings. The highest BCUT2D eigenvalue weighted by Crippen LogP contribution is 2.30. The smallest absolute Gasteiger partial charge is 0.308 e. The van der Waals surface area contributed by atoms with E-state index < -0.39 is 11.9 Å². The second-order valence-corrected chi connectivity index (χ2v) is 6.89. The summed E-state index contributed by atoms with van der Waals surface area (Å²) in [6.45, 7) is 3.87. The fourth-order valence-electron chi connectivity index (χ4n) is 2.07. The van der Waals surface area contributed by atoms with Crippen LogP contribution in [0.4, 0.5) is 0 Å². The number of nitrogens with one attached hydrogen (secondary N) is 1. The Bertz CT molecular complexity index is 650. The third-order valence-corrected chi connectivity index (χ3v) is 5.43. The van der Waals surface area contributed by atoms with E-state index in [2.05, 4.69) is 10.3 Å². The van der Waals surface area contributed by atoms with Crippen molar-refractivity contribution in [2.75, 3.05) is 6.54 Å². The van der Waals surface area contributed by atoms with Crippen LogP contribution in [-0.4, -0.2) is 28.5 Å². The highest BCUT2D eigenvalue weighted by Gasteiger charge is 2.20. The van der Waals surface area contributed by atoms with Gasteiger partial charge in [-0.2, -0.15) is 0 Å². The molecule has 1 amide bonds. The minimum atomic E-state index is -0.873. The van der Waals surface area contributed by atoms with Crippen LogP contribution >= 0.6 is 22.7 Å². The van der Waals surface area contributed by atoms with E-state index in [9.17, 15) is 9.59 Å². The van der Waals surface area contributed by atoms with E-state index in [0.29, 0.717) is 17.0 Å². The molecule has 22 heavy (non-hydrogen) atoms. The number of rotatable bonds is 7. The van der Waals surface area contributed by atoms with Crippen molar-refractivity contribution in [1.82, 2.24) is 10.3 Å². The topological polar surface area (TPSA) is 79.3 Å². The molecule has 0 radical (unpaired) electrons. The predicted octanol–water partition coefficient (Wildman–Crippen LogP) is 3.41. The number of carbonyl (C=O) groups is 2. The molecule has 5 nitrogen and oxygen atoms in total. The van der Waals surface area contributed by atoms with Gasteiger partial charge in [-0.1, -0.05) is 19.4 Å². The average molecular weight is 338 g/mol. The number of hydrogen-bond donors (Lipinski definition) is 2. The lowest BCUT2D eigenvalue weighted by Gasteiger charge is -2.11. The molecule has 0 spiro atoms. The van der Waals surface area contributed by atoms with Gasteiger partial charge in [-0.3, -0.25) is 9.59 Å². The first kappa shape index (κ1) is 16.6. The normalized spacial score (nSPS) is 12.1. The fraction of sp³-hybridized carbons (Fsp3) is 0.400. The van der Waals surface area contributed by atoms with Gasteiger partial charge in [-0.25, -0.2) is 4.98 Å². The van der Waals surface area contributed by atoms with Crippen molar-refractivity contribution in [2.24, 2.45) is 5.92 Å². The molecule has 1 atom stereocenters. The van der Waals surface area contributed by atoms with Crippen LogP contribution in [0.1, 0.15) is 35.1 Å². The number of aromatic nitrogens is 1. The Labute approximate surface area is 137 Å². The van der Waals surface area contributed by atoms with Crippen LogP contribution in [0.5, 0.6) is 0 Å². The number of carboxylic acids is 1. The van der Waals surface area contributed by atoms with Gasteiger partial charge in [-0.05, 0) is 24.8 Å². The van der Waals surface area contributed by atoms with Gasteiger partial charge in [0.25, 0.3) is 5.91 Å². The third kappa shape index (κ3) is 3.92. The largest absolute Gasteiger partial charge is 0.481 e. The summed E-state index contributed by atoms with van der Waals surface area (Å²) in [7, 11) is 0. The molecule has 1 unspecified atom stereocenters. The first-order chi connectivity index (χ1) is 10.5. The summed E-state index contributed by atoms with van der Waals surface area (Å²) in [5.41, 5.74) is 0.674. The maximum absolute atomic E-state index is 12.2. The molecule has 0 saturated carbocycles. The Balaban J connectivity index is 2.05. The Morgan fingerprint density at radius 2 is 2.23 bits per heavy atom. The predicted molar refractivity (Wildman–Crippen MR) is 88.5 cm³/mol. The minimum Gasteiger partial charge on any atom is -0.481 e. The Morgan fingerprint density at radius 1 is 1.45 bits per heavy atom. The van der Waals surface area contributed by atoms with E-state index in [-0.39, 0.29) is 12.5 Å². The maximum Gasteiger partial charge on any atom is 0.308 e. The van der Waals surface area contributed by atoms with Gasteiger partial charge in [0, 0.05) is 6.54 Å². The van der Waals surface area contributed by atoms with Crippen LogP contribution in [-0.2, 0) is 4.79 Å². The van der Waals surface area contributed by atoms with E-state index in [1.165, 1.54) is 11.3 Å². The van der Waals surface area contributed by atoms with Crippen molar-refractivity contribution >= 4 is 34.6 Å². The third-order valence-electron chi connectivity index (χ3n) is 3.23. The molecule has 2 heterocycles. The second-order valence-electron chi connectivity index (χ2n) is 4.94. The molecular formula is C15H18N2O3S2. The van der Waals surface area contributed by atoms with E-state index in [1.807, 2.05) is 24.4 Å². The van der Waals surface area contributed by atoms with Crippen LogP contribution in [0.3, 0.4) is 0 Å². The van der Waals surface area contributed by atoms with Crippen LogP contribution < -0.4 is 5.32 Å². The summed E-state index contributed by atoms with van der Waals surface area (Å²) in [4.78, 5) is 29.4. The molecule has 0 saturated heterocycles. The first-order valence-electron chi connectivity index (χ1n) is 7.05. The van der Waals surface area contributed by atoms with E-state index >= 15 is 0 Å². The summed E-state index contributed by atoms with van der Waals surface area (Å²) in [6, 6.07) is 3.91. The van der Waals surface area contributed by atoms with Gasteiger partial charge in [0.1, 0.15) is 9.88 Å². The summed E-state index contributed by atoms with van der Waals surface area (Å²) in [5, 5.41) is 14.6. The number of thiophene rings is 1. The highest BCUT2D eigenvalue weighted by atomic mass is 32.1. The van der Waals surface area contributed by atoms with Crippen molar-refractivity contribution in [1.29, 1.82) is 0 Å². The van der Waals surface area contributed by atoms with Crippen molar-refractivity contribution in [3.8, 4) is 9.88 Å². The Morgan fingerprint density at radius 3 is 2.82 bits per heavy atom. The van der Waals surface area contributed by atoms with E-state index in [1.54, 1.807) is 18.3 Å². The lowest BCUT2D eigenvalue weighted by atomic mass is 10.0. The molecule has 2 rings (SSSR count). The fourth-order valence-corrected chi connectivity index (χ4v) is 3.85. The summed E-state index contributed by atoms with van der Waals surface area (Å²) < 4.78 is 0. The van der Waals surface area contributed by atoms with E-state index in [0.717, 1.165) is 16.3 Å². The Kier molecular flexibility index (Phi) is 5.68. The molecule has 2 aromatic heterocycles. The lowest BCUT2D eigenvalue weighted by Crippen LogP contribution is -2.32.